The van der Waals surface area contributed by atoms with Crippen LogP contribution in [0, 0.1) is 0 Å². The second kappa shape index (κ2) is 7.18. The van der Waals surface area contributed by atoms with E-state index in [4.69, 9.17) is 16.3 Å². The van der Waals surface area contributed by atoms with Crippen molar-refractivity contribution in [1.82, 2.24) is 4.90 Å². The zero-order valence-electron chi connectivity index (χ0n) is 14.6. The van der Waals surface area contributed by atoms with Crippen LogP contribution >= 0.6 is 11.6 Å². The number of allylic oxidation sites excluding steroid dienone is 1. The molecule has 2 bridgehead atoms. The van der Waals surface area contributed by atoms with Crippen LogP contribution in [0.3, 0.4) is 0 Å². The molecule has 2 aliphatic rings. The molecule has 0 saturated carbocycles. The first-order chi connectivity index (χ1) is 11.5. The fourth-order valence-corrected chi connectivity index (χ4v) is 4.48. The van der Waals surface area contributed by atoms with Gasteiger partial charge in [0.1, 0.15) is 0 Å². The first-order valence-corrected chi connectivity index (χ1v) is 9.35. The molecular weight excluding hydrogens is 322 g/mol. The van der Waals surface area contributed by atoms with Gasteiger partial charge in [-0.2, -0.15) is 0 Å². The summed E-state index contributed by atoms with van der Waals surface area (Å²) in [5.74, 6) is 0.462. The molecule has 4 heteroatoms. The Bertz CT molecular complexity index is 629. The van der Waals surface area contributed by atoms with E-state index in [1.165, 1.54) is 11.1 Å². The van der Waals surface area contributed by atoms with Gasteiger partial charge in [0, 0.05) is 17.1 Å². The number of piperidine rings is 1. The van der Waals surface area contributed by atoms with Gasteiger partial charge in [-0.3, -0.25) is 0 Å². The summed E-state index contributed by atoms with van der Waals surface area (Å²) < 4.78 is 5.25. The Labute approximate surface area is 149 Å². The molecule has 0 aromatic heterocycles. The van der Waals surface area contributed by atoms with E-state index in [-0.39, 0.29) is 6.09 Å². The summed E-state index contributed by atoms with van der Waals surface area (Å²) in [6, 6.07) is 6.77. The zero-order valence-corrected chi connectivity index (χ0v) is 15.3. The van der Waals surface area contributed by atoms with E-state index >= 15 is 0 Å². The molecular formula is C20H26ClNO2. The van der Waals surface area contributed by atoms with Crippen molar-refractivity contribution >= 4 is 23.3 Å². The van der Waals surface area contributed by atoms with Gasteiger partial charge in [0.15, 0.2) is 0 Å². The highest BCUT2D eigenvalue weighted by molar-refractivity contribution is 6.30. The van der Waals surface area contributed by atoms with Crippen LogP contribution in [-0.4, -0.2) is 29.7 Å². The van der Waals surface area contributed by atoms with Crippen LogP contribution < -0.4 is 0 Å². The highest BCUT2D eigenvalue weighted by atomic mass is 35.5. The van der Waals surface area contributed by atoms with Crippen LogP contribution in [0.15, 0.2) is 24.8 Å². The van der Waals surface area contributed by atoms with Gasteiger partial charge in [-0.15, -0.1) is 0 Å². The molecule has 2 unspecified atom stereocenters. The lowest BCUT2D eigenvalue weighted by Gasteiger charge is -2.39. The molecule has 0 radical (unpaired) electrons. The van der Waals surface area contributed by atoms with E-state index < -0.39 is 0 Å². The van der Waals surface area contributed by atoms with E-state index in [0.717, 1.165) is 42.7 Å². The standard InChI is InChI=1S/C20H26ClNO2/c1-4-13(3)19-12-15(21)6-9-18(19)14-10-16-7-8-17(11-14)22(16)20(23)24-5-2/h6,9,12,14,16-17H,3-5,7-8,10-11H2,1-2H3. The van der Waals surface area contributed by atoms with Crippen molar-refractivity contribution in [3.8, 4) is 0 Å². The van der Waals surface area contributed by atoms with Crippen LogP contribution in [0.5, 0.6) is 0 Å². The number of carbonyl (C=O) groups excluding carboxylic acids is 1. The molecule has 24 heavy (non-hydrogen) atoms. The molecule has 2 aliphatic heterocycles. The zero-order chi connectivity index (χ0) is 17.3. The molecule has 0 N–H and O–H groups in total. The second-order valence-electron chi connectivity index (χ2n) is 6.85. The second-order valence-corrected chi connectivity index (χ2v) is 7.28. The normalized spacial score (nSPS) is 25.6. The van der Waals surface area contributed by atoms with Gasteiger partial charge < -0.3 is 9.64 Å². The monoisotopic (exact) mass is 347 g/mol. The van der Waals surface area contributed by atoms with Gasteiger partial charge >= 0.3 is 6.09 Å². The molecule has 0 spiro atoms. The van der Waals surface area contributed by atoms with Crippen LogP contribution in [0.1, 0.15) is 63.0 Å². The first-order valence-electron chi connectivity index (χ1n) is 8.97. The minimum atomic E-state index is -0.141. The van der Waals surface area contributed by atoms with Crippen molar-refractivity contribution < 1.29 is 9.53 Å². The lowest BCUT2D eigenvalue weighted by molar-refractivity contribution is 0.0690. The summed E-state index contributed by atoms with van der Waals surface area (Å²) in [4.78, 5) is 14.2. The number of halogens is 1. The van der Waals surface area contributed by atoms with Crippen LogP contribution in [0.2, 0.25) is 5.02 Å². The Morgan fingerprint density at radius 3 is 2.54 bits per heavy atom. The maximum Gasteiger partial charge on any atom is 0.410 e. The van der Waals surface area contributed by atoms with Crippen molar-refractivity contribution in [2.24, 2.45) is 0 Å². The quantitative estimate of drug-likeness (QED) is 0.706. The summed E-state index contributed by atoms with van der Waals surface area (Å²) in [6.45, 7) is 8.65. The maximum atomic E-state index is 12.2. The number of fused-ring (bicyclic) bond motifs is 2. The van der Waals surface area contributed by atoms with Gasteiger partial charge in [-0.1, -0.05) is 31.2 Å². The number of benzene rings is 1. The predicted molar refractivity (Wildman–Crippen MR) is 98.4 cm³/mol. The van der Waals surface area contributed by atoms with Crippen molar-refractivity contribution in [2.45, 2.75) is 64.0 Å². The molecule has 2 saturated heterocycles. The molecule has 130 valence electrons. The van der Waals surface area contributed by atoms with Crippen molar-refractivity contribution in [3.05, 3.63) is 40.9 Å². The van der Waals surface area contributed by atoms with Gasteiger partial charge in [-0.05, 0) is 73.8 Å². The van der Waals surface area contributed by atoms with E-state index in [9.17, 15) is 4.79 Å². The number of hydrogen-bond acceptors (Lipinski definition) is 2. The number of rotatable bonds is 4. The minimum absolute atomic E-state index is 0.141. The van der Waals surface area contributed by atoms with Crippen LogP contribution in [0.25, 0.3) is 5.57 Å². The topological polar surface area (TPSA) is 29.5 Å². The molecule has 1 aromatic rings. The third kappa shape index (κ3) is 3.19. The average molecular weight is 348 g/mol. The largest absolute Gasteiger partial charge is 0.450 e. The third-order valence-corrected chi connectivity index (χ3v) is 5.71. The Morgan fingerprint density at radius 2 is 1.96 bits per heavy atom. The summed E-state index contributed by atoms with van der Waals surface area (Å²) in [7, 11) is 0. The number of ether oxygens (including phenoxy) is 1. The molecule has 2 heterocycles. The lowest BCUT2D eigenvalue weighted by Crippen LogP contribution is -2.46. The molecule has 2 fully saturated rings. The van der Waals surface area contributed by atoms with Gasteiger partial charge in [-0.25, -0.2) is 4.79 Å². The predicted octanol–water partition coefficient (Wildman–Crippen LogP) is 5.63. The third-order valence-electron chi connectivity index (χ3n) is 5.47. The number of amides is 1. The summed E-state index contributed by atoms with van der Waals surface area (Å²) in [6.07, 6.45) is 4.94. The highest BCUT2D eigenvalue weighted by Gasteiger charge is 2.44. The summed E-state index contributed by atoms with van der Waals surface area (Å²) >= 11 is 6.22. The SMILES string of the molecule is C=C(CC)c1cc(Cl)ccc1C1CC2CCC(C1)N2C(=O)OCC. The Kier molecular flexibility index (Phi) is 5.19. The Hall–Kier alpha value is -1.48. The van der Waals surface area contributed by atoms with E-state index in [0.29, 0.717) is 24.6 Å². The Morgan fingerprint density at radius 1 is 1.29 bits per heavy atom. The minimum Gasteiger partial charge on any atom is -0.450 e. The van der Waals surface area contributed by atoms with Gasteiger partial charge in [0.25, 0.3) is 0 Å². The van der Waals surface area contributed by atoms with Crippen LogP contribution in [0.4, 0.5) is 4.79 Å². The summed E-state index contributed by atoms with van der Waals surface area (Å²) in [5.41, 5.74) is 3.67. The number of hydrogen-bond donors (Lipinski definition) is 0. The van der Waals surface area contributed by atoms with Crippen molar-refractivity contribution in [2.75, 3.05) is 6.61 Å². The molecule has 1 amide bonds. The molecule has 1 aromatic carbocycles. The van der Waals surface area contributed by atoms with Crippen molar-refractivity contribution in [3.63, 3.8) is 0 Å². The maximum absolute atomic E-state index is 12.2. The van der Waals surface area contributed by atoms with Gasteiger partial charge in [0.2, 0.25) is 0 Å². The average Bonchev–Trinajstić information content (AvgIpc) is 2.84. The van der Waals surface area contributed by atoms with Crippen molar-refractivity contribution in [1.29, 1.82) is 0 Å². The number of carbonyl (C=O) groups is 1. The van der Waals surface area contributed by atoms with Gasteiger partial charge in [0.05, 0.1) is 6.61 Å². The number of nitrogens with zero attached hydrogens (tertiary/aromatic N) is 1. The van der Waals surface area contributed by atoms with E-state index in [1.807, 2.05) is 24.0 Å². The smallest absolute Gasteiger partial charge is 0.410 e. The highest BCUT2D eigenvalue weighted by Crippen LogP contribution is 2.45. The lowest BCUT2D eigenvalue weighted by atomic mass is 9.81. The summed E-state index contributed by atoms with van der Waals surface area (Å²) in [5, 5.41) is 0.760. The molecule has 0 aliphatic carbocycles. The molecule has 3 rings (SSSR count). The Balaban J connectivity index is 1.84. The fraction of sp³-hybridized carbons (Fsp3) is 0.550. The van der Waals surface area contributed by atoms with Crippen LogP contribution in [-0.2, 0) is 4.74 Å². The molecule has 3 nitrogen and oxygen atoms in total. The molecule has 2 atom stereocenters. The fourth-order valence-electron chi connectivity index (χ4n) is 4.31. The first kappa shape index (κ1) is 17.3. The van der Waals surface area contributed by atoms with E-state index in [2.05, 4.69) is 19.6 Å². The van der Waals surface area contributed by atoms with E-state index in [1.54, 1.807) is 0 Å².